The van der Waals surface area contributed by atoms with Crippen molar-refractivity contribution in [3.05, 3.63) is 30.1 Å². The van der Waals surface area contributed by atoms with Gasteiger partial charge in [-0.3, -0.25) is 0 Å². The average molecular weight is 217 g/mol. The van der Waals surface area contributed by atoms with Crippen molar-refractivity contribution in [3.8, 4) is 0 Å². The molecule has 0 saturated carbocycles. The summed E-state index contributed by atoms with van der Waals surface area (Å²) in [4.78, 5) is 7.48. The van der Waals surface area contributed by atoms with Crippen LogP contribution in [0.5, 0.6) is 0 Å². The van der Waals surface area contributed by atoms with Crippen LogP contribution in [0.1, 0.15) is 18.6 Å². The monoisotopic (exact) mass is 217 g/mol. The predicted octanol–water partition coefficient (Wildman–Crippen LogP) is 1.61. The summed E-state index contributed by atoms with van der Waals surface area (Å²) in [7, 11) is 0. The normalized spacial score (nSPS) is 26.1. The number of aromatic amines is 1. The molecule has 4 nitrogen and oxygen atoms in total. The standard InChI is InChI=1S/C12H15N3O/c1-8-11(16-5-4-13-8)10-6-9-2-3-14-12(9)15-7-10/h2-3,6-8,11,13H,4-5H2,1H3,(H,14,15). The van der Waals surface area contributed by atoms with E-state index in [0.717, 1.165) is 29.7 Å². The number of hydrogen-bond acceptors (Lipinski definition) is 3. The third-order valence-corrected chi connectivity index (χ3v) is 3.07. The van der Waals surface area contributed by atoms with Gasteiger partial charge in [0.2, 0.25) is 0 Å². The molecule has 16 heavy (non-hydrogen) atoms. The lowest BCUT2D eigenvalue weighted by atomic mass is 10.0. The first-order valence-corrected chi connectivity index (χ1v) is 5.62. The Labute approximate surface area is 94.0 Å². The van der Waals surface area contributed by atoms with E-state index in [1.54, 1.807) is 0 Å². The molecule has 2 unspecified atom stereocenters. The zero-order valence-electron chi connectivity index (χ0n) is 9.23. The minimum atomic E-state index is 0.112. The summed E-state index contributed by atoms with van der Waals surface area (Å²) in [6, 6.07) is 4.52. The number of morpholine rings is 1. The number of nitrogens with zero attached hydrogens (tertiary/aromatic N) is 1. The van der Waals surface area contributed by atoms with Gasteiger partial charge < -0.3 is 15.0 Å². The van der Waals surface area contributed by atoms with E-state index in [1.807, 2.05) is 18.5 Å². The second-order valence-corrected chi connectivity index (χ2v) is 4.22. The van der Waals surface area contributed by atoms with Crippen LogP contribution in [0.15, 0.2) is 24.5 Å². The van der Waals surface area contributed by atoms with Crippen molar-refractivity contribution in [3.63, 3.8) is 0 Å². The summed E-state index contributed by atoms with van der Waals surface area (Å²) in [5, 5.41) is 4.55. The lowest BCUT2D eigenvalue weighted by Crippen LogP contribution is -2.41. The summed E-state index contributed by atoms with van der Waals surface area (Å²) in [6.45, 7) is 3.84. The third kappa shape index (κ3) is 1.60. The van der Waals surface area contributed by atoms with Gasteiger partial charge in [0, 0.05) is 35.9 Å². The lowest BCUT2D eigenvalue weighted by Gasteiger charge is -2.30. The van der Waals surface area contributed by atoms with Gasteiger partial charge in [0.1, 0.15) is 5.65 Å². The molecular weight excluding hydrogens is 202 g/mol. The highest BCUT2D eigenvalue weighted by Gasteiger charge is 2.23. The van der Waals surface area contributed by atoms with Gasteiger partial charge in [0.15, 0.2) is 0 Å². The summed E-state index contributed by atoms with van der Waals surface area (Å²) < 4.78 is 5.79. The van der Waals surface area contributed by atoms with E-state index in [9.17, 15) is 0 Å². The highest BCUT2D eigenvalue weighted by atomic mass is 16.5. The zero-order valence-corrected chi connectivity index (χ0v) is 9.23. The van der Waals surface area contributed by atoms with Crippen LogP contribution < -0.4 is 5.32 Å². The molecule has 0 spiro atoms. The van der Waals surface area contributed by atoms with Gasteiger partial charge in [-0.05, 0) is 19.1 Å². The van der Waals surface area contributed by atoms with Crippen LogP contribution in [-0.4, -0.2) is 29.2 Å². The summed E-state index contributed by atoms with van der Waals surface area (Å²) in [5.74, 6) is 0. The fourth-order valence-corrected chi connectivity index (χ4v) is 2.22. The van der Waals surface area contributed by atoms with Crippen LogP contribution >= 0.6 is 0 Å². The second kappa shape index (κ2) is 3.88. The highest BCUT2D eigenvalue weighted by molar-refractivity contribution is 5.75. The Morgan fingerprint density at radius 1 is 1.50 bits per heavy atom. The van der Waals surface area contributed by atoms with E-state index in [1.165, 1.54) is 0 Å². The van der Waals surface area contributed by atoms with Crippen molar-refractivity contribution in [2.75, 3.05) is 13.2 Å². The Balaban J connectivity index is 1.97. The number of fused-ring (bicyclic) bond motifs is 1. The first-order chi connectivity index (χ1) is 7.84. The smallest absolute Gasteiger partial charge is 0.137 e. The lowest BCUT2D eigenvalue weighted by molar-refractivity contribution is -0.000325. The number of rotatable bonds is 1. The molecule has 3 heterocycles. The summed E-state index contributed by atoms with van der Waals surface area (Å²) >= 11 is 0. The molecule has 2 N–H and O–H groups in total. The molecule has 1 saturated heterocycles. The maximum atomic E-state index is 5.79. The number of aromatic nitrogens is 2. The van der Waals surface area contributed by atoms with Gasteiger partial charge in [0.05, 0.1) is 12.7 Å². The fraction of sp³-hybridized carbons (Fsp3) is 0.417. The first kappa shape index (κ1) is 9.81. The molecular formula is C12H15N3O. The summed E-state index contributed by atoms with van der Waals surface area (Å²) in [5.41, 5.74) is 2.08. The van der Waals surface area contributed by atoms with Gasteiger partial charge in [-0.1, -0.05) is 0 Å². The van der Waals surface area contributed by atoms with E-state index < -0.39 is 0 Å². The maximum Gasteiger partial charge on any atom is 0.137 e. The minimum Gasteiger partial charge on any atom is -0.371 e. The first-order valence-electron chi connectivity index (χ1n) is 5.62. The molecule has 0 aliphatic carbocycles. The minimum absolute atomic E-state index is 0.112. The van der Waals surface area contributed by atoms with E-state index >= 15 is 0 Å². The Kier molecular flexibility index (Phi) is 2.38. The Hall–Kier alpha value is -1.39. The molecule has 1 fully saturated rings. The highest BCUT2D eigenvalue weighted by Crippen LogP contribution is 2.25. The molecule has 0 amide bonds. The van der Waals surface area contributed by atoms with Gasteiger partial charge in [-0.15, -0.1) is 0 Å². The van der Waals surface area contributed by atoms with E-state index in [4.69, 9.17) is 4.74 Å². The number of hydrogen-bond donors (Lipinski definition) is 2. The van der Waals surface area contributed by atoms with Crippen molar-refractivity contribution in [2.24, 2.45) is 0 Å². The topological polar surface area (TPSA) is 49.9 Å². The van der Waals surface area contributed by atoms with Crippen LogP contribution in [-0.2, 0) is 4.74 Å². The van der Waals surface area contributed by atoms with Crippen LogP contribution in [0.3, 0.4) is 0 Å². The fourth-order valence-electron chi connectivity index (χ4n) is 2.22. The van der Waals surface area contributed by atoms with Crippen molar-refractivity contribution in [1.29, 1.82) is 0 Å². The van der Waals surface area contributed by atoms with Crippen LogP contribution in [0.25, 0.3) is 11.0 Å². The molecule has 2 aromatic rings. The number of nitrogens with one attached hydrogen (secondary N) is 2. The van der Waals surface area contributed by atoms with Crippen LogP contribution in [0.4, 0.5) is 0 Å². The van der Waals surface area contributed by atoms with Crippen LogP contribution in [0, 0.1) is 0 Å². The quantitative estimate of drug-likeness (QED) is 0.763. The summed E-state index contributed by atoms with van der Waals surface area (Å²) in [6.07, 6.45) is 3.92. The number of pyridine rings is 1. The van der Waals surface area contributed by atoms with Crippen molar-refractivity contribution >= 4 is 11.0 Å². The largest absolute Gasteiger partial charge is 0.371 e. The van der Waals surface area contributed by atoms with Gasteiger partial charge in [0.25, 0.3) is 0 Å². The molecule has 84 valence electrons. The molecule has 4 heteroatoms. The Morgan fingerprint density at radius 3 is 3.31 bits per heavy atom. The van der Waals surface area contributed by atoms with Gasteiger partial charge in [-0.25, -0.2) is 4.98 Å². The third-order valence-electron chi connectivity index (χ3n) is 3.07. The van der Waals surface area contributed by atoms with Crippen LogP contribution in [0.2, 0.25) is 0 Å². The van der Waals surface area contributed by atoms with Crippen molar-refractivity contribution < 1.29 is 4.74 Å². The van der Waals surface area contributed by atoms with E-state index in [0.29, 0.717) is 6.04 Å². The van der Waals surface area contributed by atoms with E-state index in [2.05, 4.69) is 28.3 Å². The molecule has 1 aliphatic rings. The average Bonchev–Trinajstić information content (AvgIpc) is 2.76. The molecule has 2 atom stereocenters. The Morgan fingerprint density at radius 2 is 2.44 bits per heavy atom. The predicted molar refractivity (Wildman–Crippen MR) is 62.3 cm³/mol. The molecule has 0 bridgehead atoms. The van der Waals surface area contributed by atoms with Crippen molar-refractivity contribution in [1.82, 2.24) is 15.3 Å². The maximum absolute atomic E-state index is 5.79. The Bertz CT molecular complexity index is 494. The van der Waals surface area contributed by atoms with Crippen molar-refractivity contribution in [2.45, 2.75) is 19.1 Å². The molecule has 1 aliphatic heterocycles. The zero-order chi connectivity index (χ0) is 11.0. The molecule has 3 rings (SSSR count). The SMILES string of the molecule is CC1NCCOC1c1cnc2[nH]ccc2c1. The number of ether oxygens (including phenoxy) is 1. The molecule has 0 aromatic carbocycles. The van der Waals surface area contributed by atoms with Gasteiger partial charge >= 0.3 is 0 Å². The molecule has 0 radical (unpaired) electrons. The van der Waals surface area contributed by atoms with E-state index in [-0.39, 0.29) is 6.10 Å². The molecule has 2 aromatic heterocycles. The van der Waals surface area contributed by atoms with Gasteiger partial charge in [-0.2, -0.15) is 0 Å². The number of H-pyrrole nitrogens is 1. The second-order valence-electron chi connectivity index (χ2n) is 4.22.